The second kappa shape index (κ2) is 35.4. The number of rotatable bonds is 20. The zero-order valence-electron chi connectivity index (χ0n) is 38.5. The van der Waals surface area contributed by atoms with Crippen molar-refractivity contribution in [1.29, 1.82) is 0 Å². The third kappa shape index (κ3) is 31.0. The highest BCUT2D eigenvalue weighted by molar-refractivity contribution is 6.01. The Bertz CT molecular complexity index is 1740. The van der Waals surface area contributed by atoms with Crippen LogP contribution in [0.3, 0.4) is 0 Å². The maximum absolute atomic E-state index is 12.6. The summed E-state index contributed by atoms with van der Waals surface area (Å²) in [4.78, 5) is 142. The Hall–Kier alpha value is -6.94. The van der Waals surface area contributed by atoms with Gasteiger partial charge in [0.1, 0.15) is 6.54 Å². The van der Waals surface area contributed by atoms with Gasteiger partial charge in [0, 0.05) is 97.1 Å². The molecule has 1 saturated heterocycles. The van der Waals surface area contributed by atoms with Crippen LogP contribution in [0, 0.1) is 18.8 Å². The van der Waals surface area contributed by atoms with E-state index in [1.54, 1.807) is 18.2 Å². The van der Waals surface area contributed by atoms with Crippen molar-refractivity contribution >= 4 is 71.2 Å². The van der Waals surface area contributed by atoms with Crippen LogP contribution in [0.15, 0.2) is 24.3 Å². The molecule has 0 unspecified atom stereocenters. The van der Waals surface area contributed by atoms with Crippen LogP contribution in [0.1, 0.15) is 121 Å². The first kappa shape index (κ1) is 61.1. The second-order valence-electron chi connectivity index (χ2n) is 14.4. The number of benzene rings is 1. The Labute approximate surface area is 383 Å². The van der Waals surface area contributed by atoms with Gasteiger partial charge in [-0.1, -0.05) is 31.5 Å². The Balaban J connectivity index is 0. The summed E-state index contributed by atoms with van der Waals surface area (Å²) in [6.45, 7) is 9.29. The molecule has 1 saturated carbocycles. The van der Waals surface area contributed by atoms with Crippen molar-refractivity contribution in [3.8, 4) is 0 Å². The van der Waals surface area contributed by atoms with Gasteiger partial charge in [-0.05, 0) is 57.6 Å². The number of hydroxylamine groups is 2. The predicted molar refractivity (Wildman–Crippen MR) is 234 cm³/mol. The van der Waals surface area contributed by atoms with Crippen LogP contribution in [0.25, 0.3) is 0 Å². The minimum absolute atomic E-state index is 0.0109. The van der Waals surface area contributed by atoms with Crippen LogP contribution in [-0.4, -0.2) is 141 Å². The van der Waals surface area contributed by atoms with Crippen molar-refractivity contribution in [3.05, 3.63) is 35.4 Å². The van der Waals surface area contributed by atoms with E-state index >= 15 is 0 Å². The first-order valence-corrected chi connectivity index (χ1v) is 21.4. The quantitative estimate of drug-likeness (QED) is 0.0680. The van der Waals surface area contributed by atoms with Crippen LogP contribution < -0.4 is 21.3 Å². The van der Waals surface area contributed by atoms with E-state index in [4.69, 9.17) is 34.5 Å². The van der Waals surface area contributed by atoms with E-state index in [0.29, 0.717) is 55.7 Å². The van der Waals surface area contributed by atoms with Gasteiger partial charge in [0.05, 0.1) is 5.92 Å². The summed E-state index contributed by atoms with van der Waals surface area (Å²) >= 11 is 0. The lowest BCUT2D eigenvalue weighted by Crippen LogP contribution is -2.39. The zero-order valence-corrected chi connectivity index (χ0v) is 38.5. The van der Waals surface area contributed by atoms with Crippen molar-refractivity contribution in [1.82, 2.24) is 31.2 Å². The van der Waals surface area contributed by atoms with Crippen molar-refractivity contribution in [3.63, 3.8) is 0 Å². The van der Waals surface area contributed by atoms with Crippen LogP contribution in [0.2, 0.25) is 0 Å². The Morgan fingerprint density at radius 3 is 1.62 bits per heavy atom. The van der Waals surface area contributed by atoms with Gasteiger partial charge in [-0.25, -0.2) is 4.79 Å². The van der Waals surface area contributed by atoms with Gasteiger partial charge < -0.3 is 51.4 Å². The van der Waals surface area contributed by atoms with Gasteiger partial charge in [0.25, 0.3) is 35.6 Å². The smallest absolute Gasteiger partial charge is 0.336 e. The third-order valence-electron chi connectivity index (χ3n) is 8.70. The van der Waals surface area contributed by atoms with Gasteiger partial charge in [-0.3, -0.25) is 52.7 Å². The molecule has 8 N–H and O–H groups in total. The van der Waals surface area contributed by atoms with E-state index in [1.807, 2.05) is 26.8 Å². The van der Waals surface area contributed by atoms with Crippen molar-refractivity contribution in [2.24, 2.45) is 11.8 Å². The molecule has 23 heteroatoms. The molecule has 2 fully saturated rings. The number of amides is 7. The molecule has 0 spiro atoms. The fourth-order valence-electron chi connectivity index (χ4n) is 5.79. The molecule has 66 heavy (non-hydrogen) atoms. The lowest BCUT2D eigenvalue weighted by atomic mass is 9.81. The molecule has 1 aliphatic carbocycles. The molecule has 1 heterocycles. The molecule has 0 atom stereocenters. The Morgan fingerprint density at radius 1 is 0.667 bits per heavy atom. The van der Waals surface area contributed by atoms with Gasteiger partial charge in [0.2, 0.25) is 23.6 Å². The highest BCUT2D eigenvalue weighted by Gasteiger charge is 2.37. The molecule has 1 aromatic rings. The van der Waals surface area contributed by atoms with Crippen LogP contribution in [0.4, 0.5) is 0 Å². The molecule has 1 aliphatic heterocycles. The number of hydrogen-bond donors (Lipinski definition) is 8. The highest BCUT2D eigenvalue weighted by Crippen LogP contribution is 2.30. The number of nitrogens with zero attached hydrogens (tertiary/aromatic N) is 2. The second-order valence-corrected chi connectivity index (χ2v) is 14.4. The minimum Gasteiger partial charge on any atom is -0.481 e. The largest absolute Gasteiger partial charge is 0.481 e. The number of carbonyl (C=O) groups is 12. The van der Waals surface area contributed by atoms with E-state index in [2.05, 4.69) is 21.3 Å². The van der Waals surface area contributed by atoms with Crippen molar-refractivity contribution < 1.29 is 82.8 Å². The molecule has 0 aromatic heterocycles. The summed E-state index contributed by atoms with van der Waals surface area (Å²) in [7, 11) is 0. The van der Waals surface area contributed by atoms with Crippen LogP contribution in [-0.2, 0) is 57.6 Å². The molecular formula is C43H66N6O17. The topological polar surface area (TPSA) is 350 Å². The lowest BCUT2D eigenvalue weighted by molar-refractivity contribution is -0.201. The number of aliphatic carboxylic acids is 4. The van der Waals surface area contributed by atoms with Crippen molar-refractivity contribution in [2.45, 2.75) is 112 Å². The van der Waals surface area contributed by atoms with Crippen LogP contribution >= 0.6 is 0 Å². The summed E-state index contributed by atoms with van der Waals surface area (Å²) < 4.78 is 0. The van der Waals surface area contributed by atoms with Crippen LogP contribution in [0.5, 0.6) is 0 Å². The summed E-state index contributed by atoms with van der Waals surface area (Å²) in [5.74, 6) is -7.98. The Morgan fingerprint density at radius 2 is 1.14 bits per heavy atom. The van der Waals surface area contributed by atoms with E-state index < -0.39 is 65.9 Å². The molecule has 1 aromatic carbocycles. The van der Waals surface area contributed by atoms with E-state index in [1.165, 1.54) is 4.90 Å². The number of hydrogen-bond acceptors (Lipinski definition) is 13. The SMILES string of the molecule is CC.CC(=O)O.CC(=O)O.CC(=O)O.Cc1cccc(C(=O)NCCCCN(CC(=O)O)C(=O)CCNC(=O)CCNC(=O)CCNC(=O)C2CCC(C(=O)ON3C(=O)CCC3=O)CC2)c1. The van der Waals surface area contributed by atoms with Gasteiger partial charge in [-0.15, -0.1) is 5.06 Å². The summed E-state index contributed by atoms with van der Waals surface area (Å²) in [5.41, 5.74) is 1.51. The lowest BCUT2D eigenvalue weighted by Gasteiger charge is -2.27. The van der Waals surface area contributed by atoms with E-state index in [9.17, 15) is 48.3 Å². The molecule has 0 bridgehead atoms. The molecule has 7 amide bonds. The number of nitrogens with one attached hydrogen (secondary N) is 4. The van der Waals surface area contributed by atoms with E-state index in [0.717, 1.165) is 26.3 Å². The van der Waals surface area contributed by atoms with Gasteiger partial charge in [-0.2, -0.15) is 0 Å². The molecular weight excluding hydrogens is 872 g/mol. The minimum atomic E-state index is -1.17. The molecule has 3 rings (SSSR count). The molecule has 0 radical (unpaired) electrons. The normalized spacial score (nSPS) is 14.5. The monoisotopic (exact) mass is 938 g/mol. The fraction of sp³-hybridized carbons (Fsp3) is 0.581. The maximum Gasteiger partial charge on any atom is 0.336 e. The Kier molecular flexibility index (Phi) is 32.8. The maximum atomic E-state index is 12.6. The first-order chi connectivity index (χ1) is 31.0. The highest BCUT2D eigenvalue weighted by atomic mass is 16.7. The number of carboxylic acid groups (broad SMARTS) is 4. The number of aryl methyl sites for hydroxylation is 1. The van der Waals surface area contributed by atoms with Crippen molar-refractivity contribution in [2.75, 3.05) is 39.3 Å². The fourth-order valence-corrected chi connectivity index (χ4v) is 5.79. The average Bonchev–Trinajstić information content (AvgIpc) is 3.55. The predicted octanol–water partition coefficient (Wildman–Crippen LogP) is 1.65. The van der Waals surface area contributed by atoms with Gasteiger partial charge >= 0.3 is 11.9 Å². The summed E-state index contributed by atoms with van der Waals surface area (Å²) in [6.07, 6.45) is 2.40. The molecule has 370 valence electrons. The first-order valence-electron chi connectivity index (χ1n) is 21.4. The number of unbranched alkanes of at least 4 members (excludes halogenated alkanes) is 1. The number of carboxylic acids is 4. The number of carbonyl (C=O) groups excluding carboxylic acids is 8. The zero-order chi connectivity index (χ0) is 50.8. The molecule has 2 aliphatic rings. The van der Waals surface area contributed by atoms with E-state index in [-0.39, 0.29) is 81.9 Å². The summed E-state index contributed by atoms with van der Waals surface area (Å²) in [5, 5.41) is 42.7. The standard InChI is InChI=1S/C35H48N6O11.3C2H4O2.C2H6/c1-23-5-4-6-26(21-23)34(50)38-16-2-3-20-40(22-32(47)48)29(44)15-19-37-27(42)13-17-36-28(43)14-18-39-33(49)24-7-9-25(10-8-24)35(51)52-41-30(45)11-12-31(41)46;3*1-2(3)4;1-2/h4-6,21,24-25H,2-3,7-20,22H2,1H3,(H,36,43)(H,37,42)(H,38,50)(H,39,49)(H,47,48);3*1H3,(H,3,4);1-2H3. The average molecular weight is 939 g/mol. The third-order valence-corrected chi connectivity index (χ3v) is 8.70. The molecule has 23 nitrogen and oxygen atoms in total. The van der Waals surface area contributed by atoms with Gasteiger partial charge in [0.15, 0.2) is 0 Å². The summed E-state index contributed by atoms with van der Waals surface area (Å²) in [6, 6.07) is 7.17. The number of imide groups is 1.